The van der Waals surface area contributed by atoms with E-state index in [1.54, 1.807) is 26.0 Å². The first-order chi connectivity index (χ1) is 14.3. The number of amides is 1. The molecule has 2 aromatic carbocycles. The van der Waals surface area contributed by atoms with E-state index in [2.05, 4.69) is 10.0 Å². The Bertz CT molecular complexity index is 959. The highest BCUT2D eigenvalue weighted by atomic mass is 32.2. The van der Waals surface area contributed by atoms with Gasteiger partial charge in [-0.3, -0.25) is 4.79 Å². The van der Waals surface area contributed by atoms with Gasteiger partial charge in [-0.25, -0.2) is 13.1 Å². The van der Waals surface area contributed by atoms with Crippen molar-refractivity contribution in [3.8, 4) is 5.75 Å². The minimum atomic E-state index is -3.68. The molecule has 0 saturated carbocycles. The lowest BCUT2D eigenvalue weighted by atomic mass is 10.1. The first-order valence-corrected chi connectivity index (χ1v) is 12.7. The van der Waals surface area contributed by atoms with Crippen LogP contribution >= 0.6 is 11.8 Å². The summed E-state index contributed by atoms with van der Waals surface area (Å²) < 4.78 is 33.7. The van der Waals surface area contributed by atoms with Crippen LogP contribution in [0.15, 0.2) is 52.3 Å². The van der Waals surface area contributed by atoms with Crippen LogP contribution in [-0.2, 0) is 21.2 Å². The molecule has 0 unspecified atom stereocenters. The fourth-order valence-corrected chi connectivity index (χ4v) is 4.44. The van der Waals surface area contributed by atoms with Crippen molar-refractivity contribution in [2.45, 2.75) is 43.4 Å². The van der Waals surface area contributed by atoms with Crippen LogP contribution in [0.25, 0.3) is 0 Å². The molecule has 0 aliphatic rings. The second kappa shape index (κ2) is 11.4. The molecule has 0 heterocycles. The molecule has 2 aromatic rings. The van der Waals surface area contributed by atoms with Gasteiger partial charge in [0.25, 0.3) is 0 Å². The number of para-hydroxylation sites is 1. The van der Waals surface area contributed by atoms with Gasteiger partial charge in [0.2, 0.25) is 15.9 Å². The highest BCUT2D eigenvalue weighted by Gasteiger charge is 2.17. The number of anilines is 1. The Balaban J connectivity index is 2.04. The quantitative estimate of drug-likeness (QED) is 0.394. The third-order valence-corrected chi connectivity index (χ3v) is 6.71. The van der Waals surface area contributed by atoms with Crippen LogP contribution in [0, 0.1) is 5.92 Å². The molecule has 0 bridgehead atoms. The molecule has 0 fully saturated rings. The zero-order chi connectivity index (χ0) is 22.1. The predicted molar refractivity (Wildman–Crippen MR) is 123 cm³/mol. The van der Waals surface area contributed by atoms with Crippen molar-refractivity contribution in [2.24, 2.45) is 5.92 Å². The number of aryl methyl sites for hydroxylation is 1. The summed E-state index contributed by atoms with van der Waals surface area (Å²) in [6.07, 6.45) is 3.23. The van der Waals surface area contributed by atoms with Crippen LogP contribution in [0.2, 0.25) is 0 Å². The van der Waals surface area contributed by atoms with Crippen LogP contribution in [0.3, 0.4) is 0 Å². The van der Waals surface area contributed by atoms with Crippen LogP contribution in [0.4, 0.5) is 5.69 Å². The average Bonchev–Trinajstić information content (AvgIpc) is 2.72. The SMILES string of the molecule is CCOc1ccccc1CCCNS(=O)(=O)c1ccc(SC)c(NC(=O)C(C)C)c1. The number of ether oxygens (including phenoxy) is 1. The molecule has 2 N–H and O–H groups in total. The van der Waals surface area contributed by atoms with Gasteiger partial charge in [0.05, 0.1) is 17.2 Å². The zero-order valence-electron chi connectivity index (χ0n) is 17.9. The molecule has 2 rings (SSSR count). The van der Waals surface area contributed by atoms with Gasteiger partial charge in [0.1, 0.15) is 5.75 Å². The summed E-state index contributed by atoms with van der Waals surface area (Å²) in [5.41, 5.74) is 1.57. The number of hydrogen-bond acceptors (Lipinski definition) is 5. The van der Waals surface area contributed by atoms with E-state index >= 15 is 0 Å². The molecule has 0 radical (unpaired) electrons. The second-order valence-corrected chi connectivity index (χ2v) is 9.66. The van der Waals surface area contributed by atoms with Gasteiger partial charge in [0.15, 0.2) is 0 Å². The minimum absolute atomic E-state index is 0.133. The number of thioether (sulfide) groups is 1. The molecule has 1 amide bonds. The lowest BCUT2D eigenvalue weighted by Crippen LogP contribution is -2.25. The summed E-state index contributed by atoms with van der Waals surface area (Å²) in [6, 6.07) is 12.6. The number of nitrogens with one attached hydrogen (secondary N) is 2. The molecule has 8 heteroatoms. The molecule has 30 heavy (non-hydrogen) atoms. The third kappa shape index (κ3) is 6.75. The van der Waals surface area contributed by atoms with Crippen molar-refractivity contribution >= 4 is 33.4 Å². The maximum absolute atomic E-state index is 12.7. The Labute approximate surface area is 183 Å². The summed E-state index contributed by atoms with van der Waals surface area (Å²) >= 11 is 1.45. The first-order valence-electron chi connectivity index (χ1n) is 9.97. The van der Waals surface area contributed by atoms with Gasteiger partial charge in [-0.05, 0) is 55.9 Å². The van der Waals surface area contributed by atoms with Crippen LogP contribution in [-0.4, -0.2) is 33.7 Å². The van der Waals surface area contributed by atoms with Crippen molar-refractivity contribution in [1.82, 2.24) is 4.72 Å². The number of carbonyl (C=O) groups is 1. The fraction of sp³-hybridized carbons (Fsp3) is 0.409. The van der Waals surface area contributed by atoms with Crippen LogP contribution < -0.4 is 14.8 Å². The van der Waals surface area contributed by atoms with E-state index in [1.807, 2.05) is 37.4 Å². The molecular formula is C22H30N2O4S2. The largest absolute Gasteiger partial charge is 0.494 e. The summed E-state index contributed by atoms with van der Waals surface area (Å²) in [4.78, 5) is 13.0. The number of rotatable bonds is 11. The molecule has 0 atom stereocenters. The lowest BCUT2D eigenvalue weighted by Gasteiger charge is -2.14. The molecule has 0 spiro atoms. The van der Waals surface area contributed by atoms with E-state index in [0.29, 0.717) is 31.7 Å². The second-order valence-electron chi connectivity index (χ2n) is 7.05. The van der Waals surface area contributed by atoms with Crippen LogP contribution in [0.1, 0.15) is 32.8 Å². The molecule has 164 valence electrons. The molecule has 0 aliphatic heterocycles. The monoisotopic (exact) mass is 450 g/mol. The van der Waals surface area contributed by atoms with Gasteiger partial charge in [0, 0.05) is 17.4 Å². The van der Waals surface area contributed by atoms with Gasteiger partial charge in [-0.15, -0.1) is 11.8 Å². The number of sulfonamides is 1. The van der Waals surface area contributed by atoms with Crippen molar-refractivity contribution in [3.05, 3.63) is 48.0 Å². The Hall–Kier alpha value is -2.03. The topological polar surface area (TPSA) is 84.5 Å². The Morgan fingerprint density at radius 3 is 2.57 bits per heavy atom. The van der Waals surface area contributed by atoms with E-state index in [0.717, 1.165) is 16.2 Å². The summed E-state index contributed by atoms with van der Waals surface area (Å²) in [6.45, 7) is 6.41. The lowest BCUT2D eigenvalue weighted by molar-refractivity contribution is -0.118. The maximum atomic E-state index is 12.7. The molecule has 0 aliphatic carbocycles. The van der Waals surface area contributed by atoms with Gasteiger partial charge < -0.3 is 10.1 Å². The first kappa shape index (κ1) is 24.2. The van der Waals surface area contributed by atoms with Crippen molar-refractivity contribution < 1.29 is 17.9 Å². The third-order valence-electron chi connectivity index (χ3n) is 4.45. The maximum Gasteiger partial charge on any atom is 0.240 e. The number of carbonyl (C=O) groups excluding carboxylic acids is 1. The standard InChI is InChI=1S/C22H30N2O4S2/c1-5-28-20-11-7-6-9-17(20)10-8-14-23-30(26,27)18-12-13-21(29-4)19(15-18)24-22(25)16(2)3/h6-7,9,11-13,15-16,23H,5,8,10,14H2,1-4H3,(H,24,25). The van der Waals surface area contributed by atoms with E-state index in [4.69, 9.17) is 4.74 Å². The average molecular weight is 451 g/mol. The molecule has 6 nitrogen and oxygen atoms in total. The normalized spacial score (nSPS) is 11.5. The van der Waals surface area contributed by atoms with Crippen molar-refractivity contribution in [2.75, 3.05) is 24.7 Å². The highest BCUT2D eigenvalue weighted by molar-refractivity contribution is 7.98. The minimum Gasteiger partial charge on any atom is -0.494 e. The van der Waals surface area contributed by atoms with E-state index < -0.39 is 10.0 Å². The predicted octanol–water partition coefficient (Wildman–Crippen LogP) is 4.31. The Kier molecular flexibility index (Phi) is 9.20. The molecule has 0 saturated heterocycles. The van der Waals surface area contributed by atoms with Crippen molar-refractivity contribution in [3.63, 3.8) is 0 Å². The van der Waals surface area contributed by atoms with Gasteiger partial charge >= 0.3 is 0 Å². The summed E-state index contributed by atoms with van der Waals surface area (Å²) in [5, 5.41) is 2.81. The molecule has 0 aromatic heterocycles. The summed E-state index contributed by atoms with van der Waals surface area (Å²) in [7, 11) is -3.68. The fourth-order valence-electron chi connectivity index (χ4n) is 2.80. The Morgan fingerprint density at radius 2 is 1.90 bits per heavy atom. The van der Waals surface area contributed by atoms with Crippen molar-refractivity contribution in [1.29, 1.82) is 0 Å². The summed E-state index contributed by atoms with van der Waals surface area (Å²) in [5.74, 6) is 0.486. The number of hydrogen-bond donors (Lipinski definition) is 2. The molecular weight excluding hydrogens is 420 g/mol. The van der Waals surface area contributed by atoms with E-state index in [-0.39, 0.29) is 16.7 Å². The van der Waals surface area contributed by atoms with Gasteiger partial charge in [-0.2, -0.15) is 0 Å². The van der Waals surface area contributed by atoms with E-state index in [9.17, 15) is 13.2 Å². The van der Waals surface area contributed by atoms with E-state index in [1.165, 1.54) is 17.8 Å². The van der Waals surface area contributed by atoms with Gasteiger partial charge in [-0.1, -0.05) is 32.0 Å². The zero-order valence-corrected chi connectivity index (χ0v) is 19.5. The van der Waals surface area contributed by atoms with Crippen LogP contribution in [0.5, 0.6) is 5.75 Å². The number of benzene rings is 2. The Morgan fingerprint density at radius 1 is 1.17 bits per heavy atom. The smallest absolute Gasteiger partial charge is 0.240 e. The highest BCUT2D eigenvalue weighted by Crippen LogP contribution is 2.28.